The van der Waals surface area contributed by atoms with Crippen molar-refractivity contribution >= 4 is 6.01 Å². The van der Waals surface area contributed by atoms with Crippen LogP contribution in [0.25, 0.3) is 0 Å². The molecule has 0 bridgehead atoms. The molecule has 1 aliphatic rings. The number of hydrogen-bond donors (Lipinski definition) is 1. The summed E-state index contributed by atoms with van der Waals surface area (Å²) in [5, 5.41) is 11.3. The number of hydrogen-bond acceptors (Lipinski definition) is 6. The molecule has 0 spiro atoms. The SMILES string of the molecule is COCCNCc1nnc(N(C)C(C)C2CC2)o1. The predicted molar refractivity (Wildman–Crippen MR) is 68.5 cm³/mol. The highest BCUT2D eigenvalue weighted by atomic mass is 16.5. The Morgan fingerprint density at radius 2 is 2.28 bits per heavy atom. The number of nitrogens with one attached hydrogen (secondary N) is 1. The summed E-state index contributed by atoms with van der Waals surface area (Å²) < 4.78 is 10.6. The molecule has 6 nitrogen and oxygen atoms in total. The Balaban J connectivity index is 1.81. The average molecular weight is 254 g/mol. The van der Waals surface area contributed by atoms with E-state index in [4.69, 9.17) is 9.15 Å². The number of ether oxygens (including phenoxy) is 1. The van der Waals surface area contributed by atoms with Gasteiger partial charge in [-0.25, -0.2) is 0 Å². The van der Waals surface area contributed by atoms with E-state index in [1.807, 2.05) is 7.05 Å². The summed E-state index contributed by atoms with van der Waals surface area (Å²) in [6, 6.07) is 1.08. The summed E-state index contributed by atoms with van der Waals surface area (Å²) in [7, 11) is 3.69. The Hall–Kier alpha value is -1.14. The third kappa shape index (κ3) is 3.43. The minimum absolute atomic E-state index is 0.472. The lowest BCUT2D eigenvalue weighted by molar-refractivity contribution is 0.198. The highest BCUT2D eigenvalue weighted by Gasteiger charge is 2.32. The Labute approximate surface area is 108 Å². The van der Waals surface area contributed by atoms with Gasteiger partial charge < -0.3 is 19.4 Å². The van der Waals surface area contributed by atoms with Crippen LogP contribution >= 0.6 is 0 Å². The van der Waals surface area contributed by atoms with Crippen molar-refractivity contribution in [2.75, 3.05) is 32.2 Å². The van der Waals surface area contributed by atoms with Gasteiger partial charge in [0.05, 0.1) is 13.2 Å². The van der Waals surface area contributed by atoms with Crippen LogP contribution in [0.2, 0.25) is 0 Å². The summed E-state index contributed by atoms with van der Waals surface area (Å²) in [6.07, 6.45) is 2.62. The molecule has 1 unspecified atom stereocenters. The predicted octanol–water partition coefficient (Wildman–Crippen LogP) is 1.04. The van der Waals surface area contributed by atoms with Crippen molar-refractivity contribution < 1.29 is 9.15 Å². The largest absolute Gasteiger partial charge is 0.407 e. The van der Waals surface area contributed by atoms with E-state index in [1.165, 1.54) is 12.8 Å². The van der Waals surface area contributed by atoms with E-state index in [2.05, 4.69) is 27.3 Å². The van der Waals surface area contributed by atoms with Crippen molar-refractivity contribution in [3.8, 4) is 0 Å². The fraction of sp³-hybridized carbons (Fsp3) is 0.833. The van der Waals surface area contributed by atoms with E-state index in [0.717, 1.165) is 12.5 Å². The molecule has 1 fully saturated rings. The van der Waals surface area contributed by atoms with E-state index < -0.39 is 0 Å². The van der Waals surface area contributed by atoms with Crippen LogP contribution in [0.3, 0.4) is 0 Å². The first-order valence-electron chi connectivity index (χ1n) is 6.47. The number of rotatable bonds is 8. The molecule has 1 aromatic rings. The lowest BCUT2D eigenvalue weighted by Gasteiger charge is -2.21. The second-order valence-corrected chi connectivity index (χ2v) is 4.84. The molecule has 6 heteroatoms. The molecule has 18 heavy (non-hydrogen) atoms. The quantitative estimate of drug-likeness (QED) is 0.699. The van der Waals surface area contributed by atoms with Crippen molar-refractivity contribution in [1.82, 2.24) is 15.5 Å². The van der Waals surface area contributed by atoms with Crippen LogP contribution in [-0.2, 0) is 11.3 Å². The van der Waals surface area contributed by atoms with Crippen molar-refractivity contribution in [3.63, 3.8) is 0 Å². The van der Waals surface area contributed by atoms with Gasteiger partial charge in [-0.1, -0.05) is 5.10 Å². The minimum Gasteiger partial charge on any atom is -0.407 e. The molecule has 0 aliphatic heterocycles. The maximum Gasteiger partial charge on any atom is 0.318 e. The van der Waals surface area contributed by atoms with Gasteiger partial charge in [-0.2, -0.15) is 0 Å². The van der Waals surface area contributed by atoms with Crippen LogP contribution in [0.5, 0.6) is 0 Å². The topological polar surface area (TPSA) is 63.4 Å². The van der Waals surface area contributed by atoms with Crippen LogP contribution in [-0.4, -0.2) is 43.5 Å². The Morgan fingerprint density at radius 1 is 1.50 bits per heavy atom. The zero-order valence-electron chi connectivity index (χ0n) is 11.3. The second-order valence-electron chi connectivity index (χ2n) is 4.84. The van der Waals surface area contributed by atoms with Gasteiger partial charge in [0.15, 0.2) is 0 Å². The van der Waals surface area contributed by atoms with Gasteiger partial charge in [0, 0.05) is 26.7 Å². The Kier molecular flexibility index (Phi) is 4.54. The smallest absolute Gasteiger partial charge is 0.318 e. The fourth-order valence-corrected chi connectivity index (χ4v) is 1.90. The first kappa shape index (κ1) is 13.3. The molecular formula is C12H22N4O2. The van der Waals surface area contributed by atoms with Gasteiger partial charge in [0.25, 0.3) is 0 Å². The summed E-state index contributed by atoms with van der Waals surface area (Å²) >= 11 is 0. The molecule has 0 saturated heterocycles. The van der Waals surface area contributed by atoms with Crippen molar-refractivity contribution in [3.05, 3.63) is 5.89 Å². The van der Waals surface area contributed by atoms with Crippen LogP contribution in [0.4, 0.5) is 6.01 Å². The van der Waals surface area contributed by atoms with Crippen molar-refractivity contribution in [1.29, 1.82) is 0 Å². The molecule has 0 radical (unpaired) electrons. The van der Waals surface area contributed by atoms with Crippen LogP contribution < -0.4 is 10.2 Å². The van der Waals surface area contributed by atoms with Gasteiger partial charge in [0.1, 0.15) is 0 Å². The van der Waals surface area contributed by atoms with Crippen LogP contribution in [0, 0.1) is 5.92 Å². The molecule has 1 aliphatic carbocycles. The minimum atomic E-state index is 0.472. The first-order chi connectivity index (χ1) is 8.72. The molecule has 1 aromatic heterocycles. The molecule has 102 valence electrons. The first-order valence-corrected chi connectivity index (χ1v) is 6.47. The van der Waals surface area contributed by atoms with Gasteiger partial charge in [-0.3, -0.25) is 0 Å². The highest BCUT2D eigenvalue weighted by molar-refractivity contribution is 5.25. The lowest BCUT2D eigenvalue weighted by atomic mass is 10.2. The van der Waals surface area contributed by atoms with Crippen molar-refractivity contribution in [2.45, 2.75) is 32.4 Å². The van der Waals surface area contributed by atoms with Crippen molar-refractivity contribution in [2.24, 2.45) is 5.92 Å². The van der Waals surface area contributed by atoms with Crippen LogP contribution in [0.15, 0.2) is 4.42 Å². The summed E-state index contributed by atoms with van der Waals surface area (Å²) in [5.74, 6) is 1.40. The molecule has 1 saturated carbocycles. The van der Waals surface area contributed by atoms with E-state index in [-0.39, 0.29) is 0 Å². The summed E-state index contributed by atoms with van der Waals surface area (Å²) in [4.78, 5) is 2.07. The zero-order valence-corrected chi connectivity index (χ0v) is 11.3. The van der Waals surface area contributed by atoms with Crippen LogP contribution in [0.1, 0.15) is 25.7 Å². The summed E-state index contributed by atoms with van der Waals surface area (Å²) in [6.45, 7) is 4.25. The van der Waals surface area contributed by atoms with Gasteiger partial charge in [-0.15, -0.1) is 5.10 Å². The summed E-state index contributed by atoms with van der Waals surface area (Å²) in [5.41, 5.74) is 0. The zero-order chi connectivity index (χ0) is 13.0. The van der Waals surface area contributed by atoms with E-state index in [0.29, 0.717) is 31.1 Å². The van der Waals surface area contributed by atoms with Gasteiger partial charge in [0.2, 0.25) is 5.89 Å². The molecule has 2 rings (SSSR count). The molecular weight excluding hydrogens is 232 g/mol. The number of methoxy groups -OCH3 is 1. The normalized spacial score (nSPS) is 16.8. The Bertz CT molecular complexity index is 365. The number of anilines is 1. The molecule has 0 aromatic carbocycles. The third-order valence-electron chi connectivity index (χ3n) is 3.43. The van der Waals surface area contributed by atoms with E-state index in [9.17, 15) is 0 Å². The van der Waals surface area contributed by atoms with E-state index >= 15 is 0 Å². The lowest BCUT2D eigenvalue weighted by Crippen LogP contribution is -2.30. The number of aromatic nitrogens is 2. The molecule has 1 atom stereocenters. The van der Waals surface area contributed by atoms with Gasteiger partial charge in [-0.05, 0) is 25.7 Å². The monoisotopic (exact) mass is 254 g/mol. The average Bonchev–Trinajstić information content (AvgIpc) is 3.12. The molecule has 1 heterocycles. The maximum atomic E-state index is 5.63. The maximum absolute atomic E-state index is 5.63. The molecule has 0 amide bonds. The number of nitrogens with zero attached hydrogens (tertiary/aromatic N) is 3. The Morgan fingerprint density at radius 3 is 2.94 bits per heavy atom. The molecule has 1 N–H and O–H groups in total. The fourth-order valence-electron chi connectivity index (χ4n) is 1.90. The standard InChI is InChI=1S/C12H22N4O2/c1-9(10-4-5-10)16(2)12-15-14-11(18-12)8-13-6-7-17-3/h9-10,13H,4-8H2,1-3H3. The highest BCUT2D eigenvalue weighted by Crippen LogP contribution is 2.35. The van der Waals surface area contributed by atoms with Gasteiger partial charge >= 0.3 is 6.01 Å². The third-order valence-corrected chi connectivity index (χ3v) is 3.43. The second kappa shape index (κ2) is 6.15. The van der Waals surface area contributed by atoms with E-state index in [1.54, 1.807) is 7.11 Å².